The summed E-state index contributed by atoms with van der Waals surface area (Å²) in [5.41, 5.74) is 1.52. The monoisotopic (exact) mass is 275 g/mol. The number of hydrogen-bond donors (Lipinski definition) is 2. The Labute approximate surface area is 118 Å². The molecule has 20 heavy (non-hydrogen) atoms. The Hall–Kier alpha value is -2.01. The Morgan fingerprint density at radius 2 is 2.15 bits per heavy atom. The third-order valence-electron chi connectivity index (χ3n) is 3.14. The number of nitrogens with one attached hydrogen (secondary N) is 2. The van der Waals surface area contributed by atoms with E-state index in [1.54, 1.807) is 7.11 Å². The van der Waals surface area contributed by atoms with Gasteiger partial charge in [0.25, 0.3) is 5.91 Å². The van der Waals surface area contributed by atoms with Crippen LogP contribution in [-0.2, 0) is 0 Å². The Kier molecular flexibility index (Phi) is 4.63. The molecule has 2 aromatic rings. The zero-order valence-electron chi connectivity index (χ0n) is 12.2. The third kappa shape index (κ3) is 3.51. The molecule has 108 valence electrons. The lowest BCUT2D eigenvalue weighted by molar-refractivity contribution is 0.0948. The molecule has 5 nitrogen and oxygen atoms in total. The average molecular weight is 275 g/mol. The van der Waals surface area contributed by atoms with Crippen molar-refractivity contribution in [2.75, 3.05) is 34.3 Å². The van der Waals surface area contributed by atoms with Gasteiger partial charge in [0, 0.05) is 17.4 Å². The molecule has 0 aliphatic carbocycles. The van der Waals surface area contributed by atoms with E-state index in [0.717, 1.165) is 29.6 Å². The highest BCUT2D eigenvalue weighted by atomic mass is 16.5. The van der Waals surface area contributed by atoms with Gasteiger partial charge in [-0.15, -0.1) is 0 Å². The molecule has 0 radical (unpaired) electrons. The minimum atomic E-state index is -0.0704. The van der Waals surface area contributed by atoms with Crippen LogP contribution >= 0.6 is 0 Å². The molecule has 0 spiro atoms. The number of H-pyrrole nitrogens is 1. The molecule has 0 aliphatic rings. The Bertz CT molecular complexity index is 590. The third-order valence-corrected chi connectivity index (χ3v) is 3.14. The van der Waals surface area contributed by atoms with Gasteiger partial charge in [0.1, 0.15) is 11.4 Å². The minimum absolute atomic E-state index is 0.0704. The number of methoxy groups -OCH3 is 1. The molecular weight excluding hydrogens is 254 g/mol. The fourth-order valence-electron chi connectivity index (χ4n) is 2.05. The maximum absolute atomic E-state index is 12.0. The smallest absolute Gasteiger partial charge is 0.267 e. The molecule has 0 unspecified atom stereocenters. The molecule has 0 fully saturated rings. The fourth-order valence-corrected chi connectivity index (χ4v) is 2.05. The SMILES string of the molecule is COc1ccc2[nH]c(C(=O)NCCCN(C)C)cc2c1. The van der Waals surface area contributed by atoms with Crippen LogP contribution in [0.5, 0.6) is 5.75 Å². The summed E-state index contributed by atoms with van der Waals surface area (Å²) in [6.45, 7) is 1.64. The van der Waals surface area contributed by atoms with E-state index in [0.29, 0.717) is 12.2 Å². The second-order valence-corrected chi connectivity index (χ2v) is 5.05. The summed E-state index contributed by atoms with van der Waals surface area (Å²) in [4.78, 5) is 17.2. The molecule has 5 heteroatoms. The summed E-state index contributed by atoms with van der Waals surface area (Å²) in [5, 5.41) is 3.89. The van der Waals surface area contributed by atoms with Crippen molar-refractivity contribution in [2.24, 2.45) is 0 Å². The second kappa shape index (κ2) is 6.43. The van der Waals surface area contributed by atoms with E-state index in [9.17, 15) is 4.79 Å². The van der Waals surface area contributed by atoms with E-state index in [-0.39, 0.29) is 5.91 Å². The summed E-state index contributed by atoms with van der Waals surface area (Å²) < 4.78 is 5.17. The van der Waals surface area contributed by atoms with Gasteiger partial charge in [-0.05, 0) is 51.3 Å². The van der Waals surface area contributed by atoms with Crippen LogP contribution in [0.3, 0.4) is 0 Å². The van der Waals surface area contributed by atoms with E-state index in [1.165, 1.54) is 0 Å². The van der Waals surface area contributed by atoms with Crippen LogP contribution in [0.4, 0.5) is 0 Å². The first-order chi connectivity index (χ1) is 9.60. The molecular formula is C15H21N3O2. The van der Waals surface area contributed by atoms with Gasteiger partial charge < -0.3 is 19.9 Å². The normalized spacial score (nSPS) is 11.0. The minimum Gasteiger partial charge on any atom is -0.497 e. The molecule has 0 saturated carbocycles. The van der Waals surface area contributed by atoms with E-state index < -0.39 is 0 Å². The maximum Gasteiger partial charge on any atom is 0.267 e. The molecule has 2 N–H and O–H groups in total. The molecule has 1 aromatic carbocycles. The number of aromatic nitrogens is 1. The van der Waals surface area contributed by atoms with Crippen molar-refractivity contribution >= 4 is 16.8 Å². The van der Waals surface area contributed by atoms with E-state index >= 15 is 0 Å². The molecule has 1 aromatic heterocycles. The highest BCUT2D eigenvalue weighted by Crippen LogP contribution is 2.21. The largest absolute Gasteiger partial charge is 0.497 e. The fraction of sp³-hybridized carbons (Fsp3) is 0.400. The highest BCUT2D eigenvalue weighted by molar-refractivity contribution is 5.98. The predicted molar refractivity (Wildman–Crippen MR) is 80.4 cm³/mol. The number of amides is 1. The van der Waals surface area contributed by atoms with Gasteiger partial charge in [-0.3, -0.25) is 4.79 Å². The van der Waals surface area contributed by atoms with Gasteiger partial charge in [0.15, 0.2) is 0 Å². The van der Waals surface area contributed by atoms with Gasteiger partial charge in [-0.25, -0.2) is 0 Å². The summed E-state index contributed by atoms with van der Waals surface area (Å²) in [6, 6.07) is 7.54. The summed E-state index contributed by atoms with van der Waals surface area (Å²) in [7, 11) is 5.67. The Morgan fingerprint density at radius 3 is 2.85 bits per heavy atom. The van der Waals surface area contributed by atoms with Crippen LogP contribution in [0.2, 0.25) is 0 Å². The molecule has 1 heterocycles. The number of rotatable bonds is 6. The Balaban J connectivity index is 1.99. The van der Waals surface area contributed by atoms with Crippen LogP contribution in [-0.4, -0.2) is 50.1 Å². The number of carbonyl (C=O) groups is 1. The van der Waals surface area contributed by atoms with Gasteiger partial charge in [0.05, 0.1) is 7.11 Å². The van der Waals surface area contributed by atoms with Gasteiger partial charge >= 0.3 is 0 Å². The summed E-state index contributed by atoms with van der Waals surface area (Å²) in [5.74, 6) is 0.716. The van der Waals surface area contributed by atoms with Crippen molar-refractivity contribution < 1.29 is 9.53 Å². The van der Waals surface area contributed by atoms with Crippen LogP contribution in [0.15, 0.2) is 24.3 Å². The molecule has 2 rings (SSSR count). The van der Waals surface area contributed by atoms with Crippen molar-refractivity contribution in [1.29, 1.82) is 0 Å². The highest BCUT2D eigenvalue weighted by Gasteiger charge is 2.09. The number of aromatic amines is 1. The molecule has 0 aliphatic heterocycles. The van der Waals surface area contributed by atoms with Crippen molar-refractivity contribution in [3.8, 4) is 5.75 Å². The van der Waals surface area contributed by atoms with E-state index in [2.05, 4.69) is 15.2 Å². The summed E-state index contributed by atoms with van der Waals surface area (Å²) >= 11 is 0. The lowest BCUT2D eigenvalue weighted by Crippen LogP contribution is -2.27. The molecule has 1 amide bonds. The van der Waals surface area contributed by atoms with Crippen molar-refractivity contribution in [1.82, 2.24) is 15.2 Å². The van der Waals surface area contributed by atoms with Gasteiger partial charge in [-0.2, -0.15) is 0 Å². The van der Waals surface area contributed by atoms with Crippen LogP contribution in [0, 0.1) is 0 Å². The Morgan fingerprint density at radius 1 is 1.35 bits per heavy atom. The van der Waals surface area contributed by atoms with Crippen LogP contribution in [0.25, 0.3) is 10.9 Å². The second-order valence-electron chi connectivity index (χ2n) is 5.05. The van der Waals surface area contributed by atoms with E-state index in [1.807, 2.05) is 38.4 Å². The topological polar surface area (TPSA) is 57.4 Å². The summed E-state index contributed by atoms with van der Waals surface area (Å²) in [6.07, 6.45) is 0.937. The lowest BCUT2D eigenvalue weighted by atomic mass is 10.2. The number of benzene rings is 1. The van der Waals surface area contributed by atoms with E-state index in [4.69, 9.17) is 4.74 Å². The zero-order chi connectivity index (χ0) is 14.5. The first-order valence-electron chi connectivity index (χ1n) is 6.70. The first-order valence-corrected chi connectivity index (χ1v) is 6.70. The van der Waals surface area contributed by atoms with Gasteiger partial charge in [0.2, 0.25) is 0 Å². The van der Waals surface area contributed by atoms with Crippen molar-refractivity contribution in [3.05, 3.63) is 30.0 Å². The molecule has 0 bridgehead atoms. The number of hydrogen-bond acceptors (Lipinski definition) is 3. The number of nitrogens with zero attached hydrogens (tertiary/aromatic N) is 1. The van der Waals surface area contributed by atoms with Crippen molar-refractivity contribution in [2.45, 2.75) is 6.42 Å². The lowest BCUT2D eigenvalue weighted by Gasteiger charge is -2.09. The van der Waals surface area contributed by atoms with Gasteiger partial charge in [-0.1, -0.05) is 0 Å². The number of ether oxygens (including phenoxy) is 1. The van der Waals surface area contributed by atoms with Crippen LogP contribution in [0.1, 0.15) is 16.9 Å². The van der Waals surface area contributed by atoms with Crippen molar-refractivity contribution in [3.63, 3.8) is 0 Å². The first kappa shape index (κ1) is 14.4. The predicted octanol–water partition coefficient (Wildman–Crippen LogP) is 1.86. The average Bonchev–Trinajstić information content (AvgIpc) is 2.85. The maximum atomic E-state index is 12.0. The quantitative estimate of drug-likeness (QED) is 0.791. The number of fused-ring (bicyclic) bond motifs is 1. The van der Waals surface area contributed by atoms with Crippen LogP contribution < -0.4 is 10.1 Å². The molecule has 0 saturated heterocycles. The molecule has 0 atom stereocenters. The number of carbonyl (C=O) groups excluding carboxylic acids is 1. The standard InChI is InChI=1S/C15H21N3O2/c1-18(2)8-4-7-16-15(19)14-10-11-9-12(20-3)5-6-13(11)17-14/h5-6,9-10,17H,4,7-8H2,1-3H3,(H,16,19). The zero-order valence-corrected chi connectivity index (χ0v) is 12.2.